The Balaban J connectivity index is 1.59. The molecule has 3 aromatic rings. The van der Waals surface area contributed by atoms with Crippen LogP contribution in [0.4, 0.5) is 5.82 Å². The van der Waals surface area contributed by atoms with Gasteiger partial charge in [-0.25, -0.2) is 4.98 Å². The number of nitrogens with one attached hydrogen (secondary N) is 2. The summed E-state index contributed by atoms with van der Waals surface area (Å²) in [7, 11) is 1.77. The SMILES string of the molecule is CNc1cc(C(=O)N2CC[C@H](c3cc(C(=O)NCCO)c4ccccc4n3)C2)ccn1. The number of aromatic nitrogens is 2. The topological polar surface area (TPSA) is 107 Å². The van der Waals surface area contributed by atoms with Crippen LogP contribution in [-0.2, 0) is 0 Å². The summed E-state index contributed by atoms with van der Waals surface area (Å²) in [5.41, 5.74) is 2.67. The van der Waals surface area contributed by atoms with Gasteiger partial charge in [0.2, 0.25) is 0 Å². The van der Waals surface area contributed by atoms with E-state index in [9.17, 15) is 9.59 Å². The number of likely N-dealkylation sites (tertiary alicyclic amines) is 1. The molecular formula is C23H25N5O3. The smallest absolute Gasteiger partial charge is 0.254 e. The molecule has 0 saturated carbocycles. The Morgan fingerprint density at radius 3 is 2.87 bits per heavy atom. The van der Waals surface area contributed by atoms with Crippen molar-refractivity contribution in [1.82, 2.24) is 20.2 Å². The molecule has 0 radical (unpaired) electrons. The summed E-state index contributed by atoms with van der Waals surface area (Å²) >= 11 is 0. The second-order valence-electron chi connectivity index (χ2n) is 7.51. The molecule has 0 aliphatic carbocycles. The second kappa shape index (κ2) is 9.09. The Morgan fingerprint density at radius 2 is 2.06 bits per heavy atom. The van der Waals surface area contributed by atoms with Crippen molar-refractivity contribution in [1.29, 1.82) is 0 Å². The first-order valence-corrected chi connectivity index (χ1v) is 10.3. The molecule has 1 aliphatic rings. The summed E-state index contributed by atoms with van der Waals surface area (Å²) < 4.78 is 0. The van der Waals surface area contributed by atoms with Gasteiger partial charge in [0, 0.05) is 55.4 Å². The van der Waals surface area contributed by atoms with Gasteiger partial charge in [-0.2, -0.15) is 0 Å². The molecule has 1 aromatic carbocycles. The van der Waals surface area contributed by atoms with Crippen LogP contribution >= 0.6 is 0 Å². The zero-order valence-corrected chi connectivity index (χ0v) is 17.3. The Kier molecular flexibility index (Phi) is 6.08. The van der Waals surface area contributed by atoms with Gasteiger partial charge in [0.1, 0.15) is 5.82 Å². The predicted molar refractivity (Wildman–Crippen MR) is 118 cm³/mol. The van der Waals surface area contributed by atoms with Crippen molar-refractivity contribution in [2.75, 3.05) is 38.6 Å². The number of hydrogen-bond donors (Lipinski definition) is 3. The number of aliphatic hydroxyl groups is 1. The number of carbonyl (C=O) groups excluding carboxylic acids is 2. The van der Waals surface area contributed by atoms with Crippen LogP contribution in [0.5, 0.6) is 0 Å². The van der Waals surface area contributed by atoms with Crippen LogP contribution < -0.4 is 10.6 Å². The standard InChI is InChI=1S/C23H25N5O3/c1-24-21-12-15(6-8-25-21)23(31)28-10-7-16(14-28)20-13-18(22(30)26-9-11-29)17-4-2-3-5-19(17)27-20/h2-6,8,12-13,16,29H,7,9-11,14H2,1H3,(H,24,25)(H,26,30)/t16-/m0/s1. The minimum atomic E-state index is -0.240. The number of pyridine rings is 2. The number of rotatable bonds is 6. The van der Waals surface area contributed by atoms with Crippen molar-refractivity contribution in [3.8, 4) is 0 Å². The minimum absolute atomic E-state index is 0.0388. The molecule has 2 aromatic heterocycles. The van der Waals surface area contributed by atoms with Gasteiger partial charge < -0.3 is 20.6 Å². The summed E-state index contributed by atoms with van der Waals surface area (Å²) in [5, 5.41) is 15.5. The Labute approximate surface area is 180 Å². The van der Waals surface area contributed by atoms with E-state index in [-0.39, 0.29) is 30.9 Å². The van der Waals surface area contributed by atoms with Crippen LogP contribution in [0.15, 0.2) is 48.7 Å². The van der Waals surface area contributed by atoms with Crippen molar-refractivity contribution >= 4 is 28.5 Å². The fourth-order valence-electron chi connectivity index (χ4n) is 3.93. The largest absolute Gasteiger partial charge is 0.395 e. The highest BCUT2D eigenvalue weighted by Gasteiger charge is 2.30. The van der Waals surface area contributed by atoms with Gasteiger partial charge in [0.15, 0.2) is 0 Å². The fraction of sp³-hybridized carbons (Fsp3) is 0.304. The Morgan fingerprint density at radius 1 is 1.23 bits per heavy atom. The normalized spacial score (nSPS) is 15.8. The molecular weight excluding hydrogens is 394 g/mol. The summed E-state index contributed by atoms with van der Waals surface area (Å²) in [5.74, 6) is 0.416. The molecule has 2 amide bonds. The van der Waals surface area contributed by atoms with Crippen LogP contribution in [0.25, 0.3) is 10.9 Å². The molecule has 1 fully saturated rings. The molecule has 4 rings (SSSR count). The first-order valence-electron chi connectivity index (χ1n) is 10.3. The number of amides is 2. The van der Waals surface area contributed by atoms with Crippen molar-refractivity contribution in [3.05, 3.63) is 65.5 Å². The molecule has 1 atom stereocenters. The average Bonchev–Trinajstić information content (AvgIpc) is 3.31. The van der Waals surface area contributed by atoms with E-state index in [1.165, 1.54) is 0 Å². The number of anilines is 1. The number of benzene rings is 1. The van der Waals surface area contributed by atoms with Crippen molar-refractivity contribution in [3.63, 3.8) is 0 Å². The van der Waals surface area contributed by atoms with Crippen molar-refractivity contribution in [2.24, 2.45) is 0 Å². The Bertz CT molecular complexity index is 1120. The lowest BCUT2D eigenvalue weighted by Gasteiger charge is -2.17. The van der Waals surface area contributed by atoms with Gasteiger partial charge >= 0.3 is 0 Å². The van der Waals surface area contributed by atoms with E-state index in [0.29, 0.717) is 30.0 Å². The zero-order chi connectivity index (χ0) is 21.8. The molecule has 0 bridgehead atoms. The lowest BCUT2D eigenvalue weighted by molar-refractivity contribution is 0.0790. The van der Waals surface area contributed by atoms with E-state index in [1.807, 2.05) is 35.2 Å². The van der Waals surface area contributed by atoms with E-state index in [1.54, 1.807) is 25.4 Å². The van der Waals surface area contributed by atoms with E-state index < -0.39 is 0 Å². The quantitative estimate of drug-likeness (QED) is 0.564. The summed E-state index contributed by atoms with van der Waals surface area (Å²) in [6.45, 7) is 1.24. The third kappa shape index (κ3) is 4.34. The molecule has 160 valence electrons. The third-order valence-corrected chi connectivity index (χ3v) is 5.53. The molecule has 1 saturated heterocycles. The fourth-order valence-corrected chi connectivity index (χ4v) is 3.93. The average molecular weight is 419 g/mol. The van der Waals surface area contributed by atoms with Crippen LogP contribution in [-0.4, -0.2) is 65.1 Å². The van der Waals surface area contributed by atoms with Crippen LogP contribution in [0.1, 0.15) is 38.7 Å². The van der Waals surface area contributed by atoms with Gasteiger partial charge in [-0.15, -0.1) is 0 Å². The van der Waals surface area contributed by atoms with Gasteiger partial charge in [-0.3, -0.25) is 14.6 Å². The van der Waals surface area contributed by atoms with Crippen molar-refractivity contribution in [2.45, 2.75) is 12.3 Å². The summed E-state index contributed by atoms with van der Waals surface area (Å²) in [6.07, 6.45) is 2.40. The third-order valence-electron chi connectivity index (χ3n) is 5.53. The highest BCUT2D eigenvalue weighted by atomic mass is 16.3. The molecule has 8 heteroatoms. The van der Waals surface area contributed by atoms with Crippen molar-refractivity contribution < 1.29 is 14.7 Å². The van der Waals surface area contributed by atoms with E-state index >= 15 is 0 Å². The van der Waals surface area contributed by atoms with Gasteiger partial charge in [-0.1, -0.05) is 18.2 Å². The molecule has 0 spiro atoms. The zero-order valence-electron chi connectivity index (χ0n) is 17.3. The highest BCUT2D eigenvalue weighted by Crippen LogP contribution is 2.30. The van der Waals surface area contributed by atoms with E-state index in [4.69, 9.17) is 10.1 Å². The highest BCUT2D eigenvalue weighted by molar-refractivity contribution is 6.06. The summed E-state index contributed by atoms with van der Waals surface area (Å²) in [4.78, 5) is 36.4. The van der Waals surface area contributed by atoms with Gasteiger partial charge in [-0.05, 0) is 30.7 Å². The molecule has 1 aliphatic heterocycles. The first-order chi connectivity index (χ1) is 15.1. The number of nitrogens with zero attached hydrogens (tertiary/aromatic N) is 3. The number of fused-ring (bicyclic) bond motifs is 1. The number of para-hydroxylation sites is 1. The van der Waals surface area contributed by atoms with Crippen LogP contribution in [0, 0.1) is 0 Å². The molecule has 8 nitrogen and oxygen atoms in total. The van der Waals surface area contributed by atoms with E-state index in [2.05, 4.69) is 15.6 Å². The monoisotopic (exact) mass is 419 g/mol. The van der Waals surface area contributed by atoms with Crippen LogP contribution in [0.3, 0.4) is 0 Å². The lowest BCUT2D eigenvalue weighted by Crippen LogP contribution is -2.29. The second-order valence-corrected chi connectivity index (χ2v) is 7.51. The molecule has 31 heavy (non-hydrogen) atoms. The molecule has 0 unspecified atom stereocenters. The first kappa shape index (κ1) is 20.7. The van der Waals surface area contributed by atoms with Gasteiger partial charge in [0.05, 0.1) is 17.7 Å². The number of carbonyl (C=O) groups is 2. The maximum absolute atomic E-state index is 13.0. The Hall–Kier alpha value is -3.52. The minimum Gasteiger partial charge on any atom is -0.395 e. The maximum atomic E-state index is 13.0. The molecule has 3 N–H and O–H groups in total. The lowest BCUT2D eigenvalue weighted by atomic mass is 9.99. The maximum Gasteiger partial charge on any atom is 0.254 e. The molecule has 3 heterocycles. The number of aliphatic hydroxyl groups excluding tert-OH is 1. The summed E-state index contributed by atoms with van der Waals surface area (Å²) in [6, 6.07) is 12.8. The van der Waals surface area contributed by atoms with Crippen LogP contribution in [0.2, 0.25) is 0 Å². The number of hydrogen-bond acceptors (Lipinski definition) is 6. The predicted octanol–water partition coefficient (Wildman–Crippen LogP) is 2.02. The van der Waals surface area contributed by atoms with Gasteiger partial charge in [0.25, 0.3) is 11.8 Å². The van der Waals surface area contributed by atoms with E-state index in [0.717, 1.165) is 23.0 Å².